The fourth-order valence-electron chi connectivity index (χ4n) is 7.76. The molecule has 1 aromatic carbocycles. The van der Waals surface area contributed by atoms with Gasteiger partial charge in [0.25, 0.3) is 0 Å². The molecule has 7 nitrogen and oxygen atoms in total. The zero-order valence-corrected chi connectivity index (χ0v) is 24.6. The lowest BCUT2D eigenvalue weighted by Gasteiger charge is -2.51. The molecular formula is C31H44ClN7. The Balaban J connectivity index is 1.19. The molecule has 8 heteroatoms. The van der Waals surface area contributed by atoms with E-state index in [0.717, 1.165) is 23.9 Å². The second kappa shape index (κ2) is 11.6. The Morgan fingerprint density at radius 1 is 1.05 bits per heavy atom. The first-order chi connectivity index (χ1) is 18.6. The van der Waals surface area contributed by atoms with Gasteiger partial charge in [0.15, 0.2) is 0 Å². The van der Waals surface area contributed by atoms with Crippen LogP contribution >= 0.6 is 11.6 Å². The van der Waals surface area contributed by atoms with Gasteiger partial charge < -0.3 is 21.3 Å². The molecule has 39 heavy (non-hydrogen) atoms. The minimum Gasteiger partial charge on any atom is -0.369 e. The normalized spacial score (nSPS) is 27.9. The average molecular weight is 550 g/mol. The van der Waals surface area contributed by atoms with Crippen molar-refractivity contribution in [2.75, 3.05) is 17.2 Å². The first kappa shape index (κ1) is 28.1. The molecule has 0 amide bonds. The lowest BCUT2D eigenvalue weighted by atomic mass is 9.64. The van der Waals surface area contributed by atoms with Crippen LogP contribution in [-0.2, 0) is 6.54 Å². The standard InChI is InChI=1S/C31H44ClN7/c1-30(2)14-25(15-31(3,4)39-30)37-27-21-9-7-10-22(27)13-20(12-21)17-34-28-24(16-33)19-36-29(38-28)35-18-23-8-5-6-11-26(23)32/h5-6,8,11,19-22,25,27,37,39H,7,9-10,12-15,17-18H2,1-4H3,(H2,34,35,36,38)/t20?,21-,22+,27-. The van der Waals surface area contributed by atoms with E-state index >= 15 is 0 Å². The minimum absolute atomic E-state index is 0.159. The molecule has 1 unspecified atom stereocenters. The van der Waals surface area contributed by atoms with Gasteiger partial charge in [0.05, 0.1) is 6.20 Å². The molecule has 1 aromatic heterocycles. The number of nitrogens with zero attached hydrogens (tertiary/aromatic N) is 3. The van der Waals surface area contributed by atoms with Gasteiger partial charge in [0.2, 0.25) is 5.95 Å². The molecule has 4 N–H and O–H groups in total. The Morgan fingerprint density at radius 3 is 2.41 bits per heavy atom. The van der Waals surface area contributed by atoms with Crippen LogP contribution in [0.3, 0.4) is 0 Å². The van der Waals surface area contributed by atoms with E-state index in [1.807, 2.05) is 24.3 Å². The summed E-state index contributed by atoms with van der Waals surface area (Å²) in [5.74, 6) is 3.13. The van der Waals surface area contributed by atoms with Crippen molar-refractivity contribution in [3.05, 3.63) is 46.6 Å². The number of halogens is 1. The van der Waals surface area contributed by atoms with Gasteiger partial charge in [-0.05, 0) is 95.6 Å². The summed E-state index contributed by atoms with van der Waals surface area (Å²) in [4.78, 5) is 8.99. The summed E-state index contributed by atoms with van der Waals surface area (Å²) in [5, 5.41) is 25.2. The van der Waals surface area contributed by atoms with E-state index in [9.17, 15) is 5.26 Å². The molecule has 4 atom stereocenters. The predicted molar refractivity (Wildman–Crippen MR) is 159 cm³/mol. The number of fused-ring (bicyclic) bond motifs is 2. The monoisotopic (exact) mass is 549 g/mol. The van der Waals surface area contributed by atoms with E-state index in [2.05, 4.69) is 65.0 Å². The summed E-state index contributed by atoms with van der Waals surface area (Å²) >= 11 is 6.29. The number of hydrogen-bond donors (Lipinski definition) is 4. The lowest BCUT2D eigenvalue weighted by molar-refractivity contribution is 0.0582. The van der Waals surface area contributed by atoms with Crippen LogP contribution in [0.2, 0.25) is 5.02 Å². The minimum atomic E-state index is 0.159. The number of anilines is 2. The van der Waals surface area contributed by atoms with Crippen molar-refractivity contribution >= 4 is 23.4 Å². The van der Waals surface area contributed by atoms with Crippen LogP contribution < -0.4 is 21.3 Å². The third-order valence-corrected chi connectivity index (χ3v) is 9.29. The Kier molecular flexibility index (Phi) is 8.37. The lowest BCUT2D eigenvalue weighted by Crippen LogP contribution is -2.64. The molecule has 210 valence electrons. The van der Waals surface area contributed by atoms with Gasteiger partial charge in [0, 0.05) is 41.3 Å². The van der Waals surface area contributed by atoms with E-state index in [0.29, 0.717) is 46.9 Å². The maximum Gasteiger partial charge on any atom is 0.224 e. The maximum absolute atomic E-state index is 9.67. The Hall–Kier alpha value is -2.40. The topological polar surface area (TPSA) is 97.7 Å². The van der Waals surface area contributed by atoms with Crippen molar-refractivity contribution in [1.29, 1.82) is 5.26 Å². The third kappa shape index (κ3) is 7.03. The van der Waals surface area contributed by atoms with Crippen LogP contribution in [0.15, 0.2) is 30.5 Å². The quantitative estimate of drug-likeness (QED) is 0.315. The molecule has 0 radical (unpaired) electrons. The average Bonchev–Trinajstić information content (AvgIpc) is 2.85. The number of piperidine rings is 1. The highest BCUT2D eigenvalue weighted by molar-refractivity contribution is 6.31. The van der Waals surface area contributed by atoms with Gasteiger partial charge >= 0.3 is 0 Å². The van der Waals surface area contributed by atoms with Crippen molar-refractivity contribution < 1.29 is 0 Å². The third-order valence-electron chi connectivity index (χ3n) is 8.92. The molecular weight excluding hydrogens is 506 g/mol. The number of aromatic nitrogens is 2. The van der Waals surface area contributed by atoms with Crippen LogP contribution in [0, 0.1) is 29.1 Å². The van der Waals surface area contributed by atoms with Crippen molar-refractivity contribution in [2.24, 2.45) is 17.8 Å². The number of nitrogens with one attached hydrogen (secondary N) is 4. The van der Waals surface area contributed by atoms with Gasteiger partial charge in [0.1, 0.15) is 17.5 Å². The van der Waals surface area contributed by atoms with Crippen LogP contribution in [0.5, 0.6) is 0 Å². The summed E-state index contributed by atoms with van der Waals surface area (Å²) in [5.41, 5.74) is 1.78. The number of benzene rings is 1. The first-order valence-corrected chi connectivity index (χ1v) is 15.0. The fraction of sp³-hybridized carbons (Fsp3) is 0.645. The Bertz CT molecular complexity index is 1160. The molecule has 1 aliphatic heterocycles. The zero-order chi connectivity index (χ0) is 27.6. The highest BCUT2D eigenvalue weighted by Gasteiger charge is 2.44. The molecule has 0 spiro atoms. The molecule has 1 saturated heterocycles. The second-order valence-electron chi connectivity index (χ2n) is 13.4. The molecule has 2 aliphatic carbocycles. The maximum atomic E-state index is 9.67. The summed E-state index contributed by atoms with van der Waals surface area (Å²) < 4.78 is 0. The molecule has 2 saturated carbocycles. The molecule has 3 fully saturated rings. The fourth-order valence-corrected chi connectivity index (χ4v) is 7.96. The summed E-state index contributed by atoms with van der Waals surface area (Å²) in [6.45, 7) is 10.7. The Morgan fingerprint density at radius 2 is 1.74 bits per heavy atom. The van der Waals surface area contributed by atoms with Crippen LogP contribution in [-0.4, -0.2) is 39.7 Å². The molecule has 3 aliphatic rings. The molecule has 2 bridgehead atoms. The molecule has 2 heterocycles. The van der Waals surface area contributed by atoms with Gasteiger partial charge in [-0.3, -0.25) is 0 Å². The highest BCUT2D eigenvalue weighted by atomic mass is 35.5. The van der Waals surface area contributed by atoms with Crippen molar-refractivity contribution in [2.45, 2.75) is 102 Å². The summed E-state index contributed by atoms with van der Waals surface area (Å²) in [7, 11) is 0. The van der Waals surface area contributed by atoms with Gasteiger partial charge in [-0.25, -0.2) is 4.98 Å². The van der Waals surface area contributed by atoms with Gasteiger partial charge in [-0.1, -0.05) is 36.2 Å². The van der Waals surface area contributed by atoms with Crippen molar-refractivity contribution in [1.82, 2.24) is 20.6 Å². The van der Waals surface area contributed by atoms with E-state index in [4.69, 9.17) is 11.6 Å². The van der Waals surface area contributed by atoms with E-state index < -0.39 is 0 Å². The summed E-state index contributed by atoms with van der Waals surface area (Å²) in [6.07, 6.45) is 10.4. The van der Waals surface area contributed by atoms with Gasteiger partial charge in [-0.15, -0.1) is 0 Å². The Labute approximate surface area is 238 Å². The number of hydrogen-bond acceptors (Lipinski definition) is 7. The van der Waals surface area contributed by atoms with Gasteiger partial charge in [-0.2, -0.15) is 10.2 Å². The first-order valence-electron chi connectivity index (χ1n) is 14.6. The van der Waals surface area contributed by atoms with E-state index in [-0.39, 0.29) is 11.1 Å². The SMILES string of the molecule is CC1(C)CC(N[C@@H]2[C@@H]3CCC[C@H]2CC(CNc2nc(NCc4ccccc4Cl)ncc2C#N)C3)CC(C)(C)N1. The van der Waals surface area contributed by atoms with E-state index in [1.165, 1.54) is 44.9 Å². The second-order valence-corrected chi connectivity index (χ2v) is 13.8. The number of rotatable bonds is 8. The largest absolute Gasteiger partial charge is 0.369 e. The summed E-state index contributed by atoms with van der Waals surface area (Å²) in [6, 6.07) is 11.2. The molecule has 2 aromatic rings. The van der Waals surface area contributed by atoms with Crippen LogP contribution in [0.25, 0.3) is 0 Å². The smallest absolute Gasteiger partial charge is 0.224 e. The zero-order valence-electron chi connectivity index (χ0n) is 23.9. The van der Waals surface area contributed by atoms with Crippen molar-refractivity contribution in [3.63, 3.8) is 0 Å². The molecule has 5 rings (SSSR count). The predicted octanol–water partition coefficient (Wildman–Crippen LogP) is 6.12. The van der Waals surface area contributed by atoms with Crippen LogP contribution in [0.1, 0.15) is 83.8 Å². The number of nitriles is 1. The van der Waals surface area contributed by atoms with Crippen LogP contribution in [0.4, 0.5) is 11.8 Å². The van der Waals surface area contributed by atoms with Crippen molar-refractivity contribution in [3.8, 4) is 6.07 Å². The highest BCUT2D eigenvalue weighted by Crippen LogP contribution is 2.44. The van der Waals surface area contributed by atoms with E-state index in [1.54, 1.807) is 6.20 Å².